The number of hydrogen-bond acceptors (Lipinski definition) is 3. The van der Waals surface area contributed by atoms with Crippen molar-refractivity contribution in [2.24, 2.45) is 5.41 Å². The summed E-state index contributed by atoms with van der Waals surface area (Å²) in [7, 11) is 4.32. The molecule has 0 bridgehead atoms. The van der Waals surface area contributed by atoms with E-state index in [0.29, 0.717) is 0 Å². The van der Waals surface area contributed by atoms with Gasteiger partial charge in [-0.1, -0.05) is 6.42 Å². The average molecular weight is 270 g/mol. The van der Waals surface area contributed by atoms with Crippen molar-refractivity contribution in [1.82, 2.24) is 9.80 Å². The van der Waals surface area contributed by atoms with Gasteiger partial charge in [-0.3, -0.25) is 4.79 Å². The van der Waals surface area contributed by atoms with Crippen molar-refractivity contribution in [1.29, 1.82) is 0 Å². The monoisotopic (exact) mass is 270 g/mol. The minimum absolute atomic E-state index is 0.572. The van der Waals surface area contributed by atoms with Crippen LogP contribution in [0.25, 0.3) is 0 Å². The SMILES string of the molecule is CN(C)C1CCN(CCCCC(C)(C)C(=O)O)CC1. The molecule has 0 aliphatic carbocycles. The molecule has 0 aromatic rings. The number of carboxylic acids is 1. The Bertz CT molecular complexity index is 282. The van der Waals surface area contributed by atoms with Gasteiger partial charge in [-0.25, -0.2) is 0 Å². The molecular formula is C15H30N2O2. The van der Waals surface area contributed by atoms with Gasteiger partial charge >= 0.3 is 5.97 Å². The highest BCUT2D eigenvalue weighted by Crippen LogP contribution is 2.23. The van der Waals surface area contributed by atoms with Gasteiger partial charge in [0.05, 0.1) is 5.41 Å². The van der Waals surface area contributed by atoms with Gasteiger partial charge in [0.1, 0.15) is 0 Å². The van der Waals surface area contributed by atoms with Gasteiger partial charge in [0.25, 0.3) is 0 Å². The van der Waals surface area contributed by atoms with Crippen molar-refractivity contribution in [2.45, 2.75) is 52.0 Å². The normalized spacial score (nSPS) is 19.0. The topological polar surface area (TPSA) is 43.8 Å². The third kappa shape index (κ3) is 5.49. The summed E-state index contributed by atoms with van der Waals surface area (Å²) in [6.07, 6.45) is 5.41. The molecule has 4 nitrogen and oxygen atoms in total. The van der Waals surface area contributed by atoms with Crippen molar-refractivity contribution in [3.05, 3.63) is 0 Å². The molecule has 4 heteroatoms. The second kappa shape index (κ2) is 7.25. The van der Waals surface area contributed by atoms with Crippen molar-refractivity contribution in [2.75, 3.05) is 33.7 Å². The molecule has 1 fully saturated rings. The summed E-state index contributed by atoms with van der Waals surface area (Å²) < 4.78 is 0. The second-order valence-electron chi connectivity index (χ2n) is 6.68. The lowest BCUT2D eigenvalue weighted by atomic mass is 9.87. The zero-order valence-corrected chi connectivity index (χ0v) is 13.0. The van der Waals surface area contributed by atoms with Crippen LogP contribution in [0.5, 0.6) is 0 Å². The van der Waals surface area contributed by atoms with E-state index in [4.69, 9.17) is 5.11 Å². The Hall–Kier alpha value is -0.610. The molecule has 0 unspecified atom stereocenters. The molecular weight excluding hydrogens is 240 g/mol. The van der Waals surface area contributed by atoms with E-state index in [9.17, 15) is 4.79 Å². The molecule has 1 saturated heterocycles. The predicted octanol–water partition coefficient (Wildman–Crippen LogP) is 2.29. The standard InChI is InChI=1S/C15H30N2O2/c1-15(2,14(18)19)9-5-6-10-17-11-7-13(8-12-17)16(3)4/h13H,5-12H2,1-4H3,(H,18,19). The molecule has 1 N–H and O–H groups in total. The van der Waals surface area contributed by atoms with Crippen LogP contribution in [-0.2, 0) is 4.79 Å². The first-order valence-electron chi connectivity index (χ1n) is 7.45. The molecule has 1 heterocycles. The molecule has 1 aliphatic heterocycles. The molecule has 0 radical (unpaired) electrons. The molecule has 0 aromatic heterocycles. The number of unbranched alkanes of at least 4 members (excludes halogenated alkanes) is 1. The highest BCUT2D eigenvalue weighted by atomic mass is 16.4. The van der Waals surface area contributed by atoms with Gasteiger partial charge in [0.15, 0.2) is 0 Å². The Morgan fingerprint density at radius 1 is 1.26 bits per heavy atom. The summed E-state index contributed by atoms with van der Waals surface area (Å²) in [6, 6.07) is 0.738. The van der Waals surface area contributed by atoms with E-state index < -0.39 is 11.4 Å². The third-order valence-electron chi connectivity index (χ3n) is 4.39. The summed E-state index contributed by atoms with van der Waals surface area (Å²) >= 11 is 0. The number of aliphatic carboxylic acids is 1. The third-order valence-corrected chi connectivity index (χ3v) is 4.39. The van der Waals surface area contributed by atoms with Gasteiger partial charge in [0.2, 0.25) is 0 Å². The smallest absolute Gasteiger partial charge is 0.309 e. The Labute approximate surface area is 117 Å². The maximum atomic E-state index is 11.0. The van der Waals surface area contributed by atoms with E-state index in [2.05, 4.69) is 23.9 Å². The van der Waals surface area contributed by atoms with Crippen LogP contribution in [0.4, 0.5) is 0 Å². The lowest BCUT2D eigenvalue weighted by Crippen LogP contribution is -2.42. The van der Waals surface area contributed by atoms with Crippen molar-refractivity contribution in [3.63, 3.8) is 0 Å². The van der Waals surface area contributed by atoms with Crippen LogP contribution in [0.3, 0.4) is 0 Å². The number of carboxylic acid groups (broad SMARTS) is 1. The summed E-state index contributed by atoms with van der Waals surface area (Å²) in [5.74, 6) is -0.681. The number of hydrogen-bond donors (Lipinski definition) is 1. The van der Waals surface area contributed by atoms with Crippen LogP contribution in [0, 0.1) is 5.41 Å². The molecule has 19 heavy (non-hydrogen) atoms. The van der Waals surface area contributed by atoms with E-state index in [1.54, 1.807) is 0 Å². The summed E-state index contributed by atoms with van der Waals surface area (Å²) in [5.41, 5.74) is -0.572. The fourth-order valence-electron chi connectivity index (χ4n) is 2.67. The van der Waals surface area contributed by atoms with Crippen LogP contribution in [0.1, 0.15) is 46.0 Å². The van der Waals surface area contributed by atoms with E-state index in [1.807, 2.05) is 13.8 Å². The van der Waals surface area contributed by atoms with Crippen LogP contribution in [0.2, 0.25) is 0 Å². The van der Waals surface area contributed by atoms with E-state index in [-0.39, 0.29) is 0 Å². The molecule has 0 aromatic carbocycles. The number of likely N-dealkylation sites (tertiary alicyclic amines) is 1. The van der Waals surface area contributed by atoms with Crippen molar-refractivity contribution in [3.8, 4) is 0 Å². The van der Waals surface area contributed by atoms with Gasteiger partial charge < -0.3 is 14.9 Å². The first-order valence-corrected chi connectivity index (χ1v) is 7.45. The Kier molecular flexibility index (Phi) is 6.27. The molecule has 1 aliphatic rings. The number of rotatable bonds is 7. The van der Waals surface area contributed by atoms with E-state index in [1.165, 1.54) is 25.9 Å². The molecule has 0 atom stereocenters. The average Bonchev–Trinajstić information content (AvgIpc) is 2.35. The summed E-state index contributed by atoms with van der Waals surface area (Å²) in [5, 5.41) is 9.06. The largest absolute Gasteiger partial charge is 0.481 e. The van der Waals surface area contributed by atoms with Crippen molar-refractivity contribution >= 4 is 5.97 Å². The van der Waals surface area contributed by atoms with Crippen molar-refractivity contribution < 1.29 is 9.90 Å². The number of carbonyl (C=O) groups is 1. The highest BCUT2D eigenvalue weighted by molar-refractivity contribution is 5.73. The van der Waals surface area contributed by atoms with Crippen LogP contribution >= 0.6 is 0 Å². The van der Waals surface area contributed by atoms with Crippen LogP contribution in [-0.4, -0.2) is 60.6 Å². The number of piperidine rings is 1. The van der Waals surface area contributed by atoms with Gasteiger partial charge in [-0.2, -0.15) is 0 Å². The molecule has 1 rings (SSSR count). The van der Waals surface area contributed by atoms with Gasteiger partial charge in [0, 0.05) is 6.04 Å². The Morgan fingerprint density at radius 3 is 2.32 bits per heavy atom. The zero-order valence-electron chi connectivity index (χ0n) is 13.0. The van der Waals surface area contributed by atoms with Gasteiger partial charge in [-0.05, 0) is 73.3 Å². The summed E-state index contributed by atoms with van der Waals surface area (Å²) in [4.78, 5) is 15.8. The second-order valence-corrected chi connectivity index (χ2v) is 6.68. The first kappa shape index (κ1) is 16.4. The highest BCUT2D eigenvalue weighted by Gasteiger charge is 2.26. The fraction of sp³-hybridized carbons (Fsp3) is 0.933. The van der Waals surface area contributed by atoms with E-state index in [0.717, 1.165) is 31.8 Å². The van der Waals surface area contributed by atoms with Crippen LogP contribution in [0.15, 0.2) is 0 Å². The Balaban J connectivity index is 2.13. The first-order chi connectivity index (χ1) is 8.83. The summed E-state index contributed by atoms with van der Waals surface area (Å²) in [6.45, 7) is 7.13. The number of nitrogens with zero attached hydrogens (tertiary/aromatic N) is 2. The van der Waals surface area contributed by atoms with E-state index >= 15 is 0 Å². The van der Waals surface area contributed by atoms with Crippen LogP contribution < -0.4 is 0 Å². The lowest BCUT2D eigenvalue weighted by Gasteiger charge is -2.35. The molecule has 0 saturated carbocycles. The minimum Gasteiger partial charge on any atom is -0.481 e. The quantitative estimate of drug-likeness (QED) is 0.721. The Morgan fingerprint density at radius 2 is 1.84 bits per heavy atom. The molecule has 0 amide bonds. The predicted molar refractivity (Wildman–Crippen MR) is 78.4 cm³/mol. The fourth-order valence-corrected chi connectivity index (χ4v) is 2.67. The molecule has 0 spiro atoms. The minimum atomic E-state index is -0.681. The zero-order chi connectivity index (χ0) is 14.5. The lowest BCUT2D eigenvalue weighted by molar-refractivity contribution is -0.147. The molecule has 112 valence electrons. The maximum Gasteiger partial charge on any atom is 0.309 e. The maximum absolute atomic E-state index is 11.0. The van der Waals surface area contributed by atoms with Gasteiger partial charge in [-0.15, -0.1) is 0 Å².